The van der Waals surface area contributed by atoms with Crippen molar-refractivity contribution in [1.29, 1.82) is 0 Å². The number of nitrogens with zero attached hydrogens (tertiary/aromatic N) is 2. The van der Waals surface area contributed by atoms with Crippen molar-refractivity contribution in [3.05, 3.63) is 99.5 Å². The SMILES string of the molecule is O=S(=O)(c1cccc(Cl)c1)N1CCN(C[C@@H](OCc2ccc(C(F)(F)F)cc2)c2ccc(Cl)cc2)CC1. The van der Waals surface area contributed by atoms with Crippen molar-refractivity contribution >= 4 is 33.2 Å². The van der Waals surface area contributed by atoms with Gasteiger partial charge in [0.05, 0.1) is 23.2 Å². The van der Waals surface area contributed by atoms with Gasteiger partial charge in [-0.15, -0.1) is 0 Å². The molecule has 0 N–H and O–H groups in total. The minimum atomic E-state index is -4.40. The average Bonchev–Trinajstić information content (AvgIpc) is 2.87. The van der Waals surface area contributed by atoms with Crippen molar-refractivity contribution in [1.82, 2.24) is 9.21 Å². The van der Waals surface area contributed by atoms with Gasteiger partial charge < -0.3 is 4.74 Å². The molecule has 5 nitrogen and oxygen atoms in total. The molecule has 0 amide bonds. The fraction of sp³-hybridized carbons (Fsp3) is 0.308. The number of piperazine rings is 1. The number of rotatable bonds is 8. The van der Waals surface area contributed by atoms with Crippen LogP contribution in [0.3, 0.4) is 0 Å². The van der Waals surface area contributed by atoms with Crippen LogP contribution >= 0.6 is 23.2 Å². The molecule has 4 rings (SSSR count). The number of hydrogen-bond acceptors (Lipinski definition) is 4. The highest BCUT2D eigenvalue weighted by Gasteiger charge is 2.31. The largest absolute Gasteiger partial charge is 0.416 e. The molecule has 0 unspecified atom stereocenters. The Bertz CT molecular complexity index is 1300. The molecule has 0 bridgehead atoms. The van der Waals surface area contributed by atoms with Crippen LogP contribution in [0.5, 0.6) is 0 Å². The molecule has 0 aromatic heterocycles. The number of ether oxygens (including phenoxy) is 1. The van der Waals surface area contributed by atoms with Gasteiger partial charge >= 0.3 is 6.18 Å². The van der Waals surface area contributed by atoms with Gasteiger partial charge in [-0.3, -0.25) is 4.90 Å². The van der Waals surface area contributed by atoms with E-state index in [1.54, 1.807) is 24.3 Å². The van der Waals surface area contributed by atoms with Gasteiger partial charge in [-0.05, 0) is 53.6 Å². The summed E-state index contributed by atoms with van der Waals surface area (Å²) in [4.78, 5) is 2.27. The van der Waals surface area contributed by atoms with E-state index in [1.165, 1.54) is 28.6 Å². The highest BCUT2D eigenvalue weighted by Crippen LogP contribution is 2.30. The maximum Gasteiger partial charge on any atom is 0.416 e. The summed E-state index contributed by atoms with van der Waals surface area (Å²) < 4.78 is 72.2. The molecular weight excluding hydrogens is 548 g/mol. The molecule has 1 atom stereocenters. The topological polar surface area (TPSA) is 49.9 Å². The zero-order chi connectivity index (χ0) is 26.6. The summed E-state index contributed by atoms with van der Waals surface area (Å²) in [5, 5.41) is 0.931. The lowest BCUT2D eigenvalue weighted by Gasteiger charge is -2.36. The standard InChI is InChI=1S/C26H25Cl2F3N2O3S/c27-22-10-6-20(7-11-22)25(36-18-19-4-8-21(9-5-19)26(29,30)31)17-32-12-14-33(15-13-32)37(34,35)24-3-1-2-23(28)16-24/h1-11,16,25H,12-15,17-18H2/t25-/m1/s1. The second kappa shape index (κ2) is 11.7. The second-order valence-corrected chi connectivity index (χ2v) is 11.5. The molecule has 1 heterocycles. The molecule has 0 radical (unpaired) electrons. The Kier molecular flexibility index (Phi) is 8.83. The van der Waals surface area contributed by atoms with Gasteiger partial charge in [0, 0.05) is 42.8 Å². The molecule has 1 fully saturated rings. The van der Waals surface area contributed by atoms with Crippen molar-refractivity contribution in [2.75, 3.05) is 32.7 Å². The molecule has 1 aliphatic heterocycles. The summed E-state index contributed by atoms with van der Waals surface area (Å²) in [6.45, 7) is 2.20. The maximum absolute atomic E-state index is 13.0. The summed E-state index contributed by atoms with van der Waals surface area (Å²) in [6, 6.07) is 18.3. The Hall–Kier alpha value is -2.14. The zero-order valence-corrected chi connectivity index (χ0v) is 22.0. The lowest BCUT2D eigenvalue weighted by atomic mass is 10.1. The average molecular weight is 573 g/mol. The predicted molar refractivity (Wildman–Crippen MR) is 137 cm³/mol. The lowest BCUT2D eigenvalue weighted by Crippen LogP contribution is -2.49. The predicted octanol–water partition coefficient (Wildman–Crippen LogP) is 6.28. The lowest BCUT2D eigenvalue weighted by molar-refractivity contribution is -0.137. The van der Waals surface area contributed by atoms with Crippen LogP contribution in [-0.2, 0) is 27.5 Å². The van der Waals surface area contributed by atoms with Crippen LogP contribution in [0.2, 0.25) is 10.0 Å². The third-order valence-electron chi connectivity index (χ3n) is 6.16. The molecule has 37 heavy (non-hydrogen) atoms. The van der Waals surface area contributed by atoms with E-state index >= 15 is 0 Å². The van der Waals surface area contributed by atoms with Crippen molar-refractivity contribution in [2.24, 2.45) is 0 Å². The zero-order valence-electron chi connectivity index (χ0n) is 19.7. The first kappa shape index (κ1) is 27.9. The third-order valence-corrected chi connectivity index (χ3v) is 8.55. The van der Waals surface area contributed by atoms with Crippen LogP contribution in [-0.4, -0.2) is 50.3 Å². The van der Waals surface area contributed by atoms with E-state index in [1.807, 2.05) is 12.1 Å². The molecule has 3 aromatic rings. The van der Waals surface area contributed by atoms with Crippen LogP contribution in [0, 0.1) is 0 Å². The fourth-order valence-electron chi connectivity index (χ4n) is 4.08. The highest BCUT2D eigenvalue weighted by atomic mass is 35.5. The van der Waals surface area contributed by atoms with Crippen LogP contribution < -0.4 is 0 Å². The minimum Gasteiger partial charge on any atom is -0.368 e. The van der Waals surface area contributed by atoms with E-state index < -0.39 is 27.9 Å². The number of alkyl halides is 3. The second-order valence-electron chi connectivity index (χ2n) is 8.71. The van der Waals surface area contributed by atoms with Gasteiger partial charge in [-0.1, -0.05) is 53.5 Å². The molecule has 1 aliphatic rings. The normalized spacial score (nSPS) is 16.6. The monoisotopic (exact) mass is 572 g/mol. The van der Waals surface area contributed by atoms with Gasteiger partial charge in [-0.2, -0.15) is 17.5 Å². The smallest absolute Gasteiger partial charge is 0.368 e. The Balaban J connectivity index is 1.41. The number of halogens is 5. The fourth-order valence-corrected chi connectivity index (χ4v) is 5.93. The number of sulfonamides is 1. The maximum atomic E-state index is 13.0. The Morgan fingerprint density at radius 1 is 0.865 bits per heavy atom. The molecule has 0 spiro atoms. The molecule has 198 valence electrons. The van der Waals surface area contributed by atoms with E-state index in [9.17, 15) is 21.6 Å². The summed E-state index contributed by atoms with van der Waals surface area (Å²) >= 11 is 12.0. The summed E-state index contributed by atoms with van der Waals surface area (Å²) in [7, 11) is -3.66. The Morgan fingerprint density at radius 2 is 1.51 bits per heavy atom. The Labute approximate surface area is 224 Å². The molecule has 0 saturated carbocycles. The van der Waals surface area contributed by atoms with Crippen molar-refractivity contribution < 1.29 is 26.3 Å². The third kappa shape index (κ3) is 7.25. The number of hydrogen-bond donors (Lipinski definition) is 0. The summed E-state index contributed by atoms with van der Waals surface area (Å²) in [5.41, 5.74) is 0.769. The van der Waals surface area contributed by atoms with Crippen molar-refractivity contribution in [3.8, 4) is 0 Å². The number of benzene rings is 3. The van der Waals surface area contributed by atoms with Crippen LogP contribution in [0.4, 0.5) is 13.2 Å². The first-order valence-electron chi connectivity index (χ1n) is 11.5. The van der Waals surface area contributed by atoms with E-state index in [-0.39, 0.29) is 11.5 Å². The van der Waals surface area contributed by atoms with E-state index in [0.717, 1.165) is 17.7 Å². The molecular formula is C26H25Cl2F3N2O3S. The molecule has 3 aromatic carbocycles. The first-order chi connectivity index (χ1) is 17.5. The van der Waals surface area contributed by atoms with E-state index in [0.29, 0.717) is 48.3 Å². The Morgan fingerprint density at radius 3 is 2.11 bits per heavy atom. The molecule has 11 heteroatoms. The molecule has 1 saturated heterocycles. The van der Waals surface area contributed by atoms with E-state index in [2.05, 4.69) is 4.90 Å². The first-order valence-corrected chi connectivity index (χ1v) is 13.7. The van der Waals surface area contributed by atoms with Crippen LogP contribution in [0.1, 0.15) is 22.8 Å². The van der Waals surface area contributed by atoms with Crippen molar-refractivity contribution in [3.63, 3.8) is 0 Å². The minimum absolute atomic E-state index is 0.120. The van der Waals surface area contributed by atoms with Crippen molar-refractivity contribution in [2.45, 2.75) is 23.8 Å². The van der Waals surface area contributed by atoms with Gasteiger partial charge in [0.15, 0.2) is 0 Å². The van der Waals surface area contributed by atoms with Gasteiger partial charge in [0.25, 0.3) is 0 Å². The summed E-state index contributed by atoms with van der Waals surface area (Å²) in [5.74, 6) is 0. The quantitative estimate of drug-likeness (QED) is 0.319. The van der Waals surface area contributed by atoms with Gasteiger partial charge in [-0.25, -0.2) is 8.42 Å². The van der Waals surface area contributed by atoms with Gasteiger partial charge in [0.2, 0.25) is 10.0 Å². The van der Waals surface area contributed by atoms with Gasteiger partial charge in [0.1, 0.15) is 0 Å². The van der Waals surface area contributed by atoms with Crippen LogP contribution in [0.25, 0.3) is 0 Å². The van der Waals surface area contributed by atoms with E-state index in [4.69, 9.17) is 27.9 Å². The summed E-state index contributed by atoms with van der Waals surface area (Å²) in [6.07, 6.45) is -4.79. The highest BCUT2D eigenvalue weighted by molar-refractivity contribution is 7.89. The molecule has 0 aliphatic carbocycles. The van der Waals surface area contributed by atoms with Crippen LogP contribution in [0.15, 0.2) is 77.7 Å².